The van der Waals surface area contributed by atoms with E-state index >= 15 is 0 Å². The summed E-state index contributed by atoms with van der Waals surface area (Å²) in [5.74, 6) is 1.06. The van der Waals surface area contributed by atoms with Crippen LogP contribution in [0.5, 0.6) is 23.0 Å². The largest absolute Gasteiger partial charge is 0.507 e. The van der Waals surface area contributed by atoms with Gasteiger partial charge in [0, 0.05) is 22.9 Å². The molecule has 44 heavy (non-hydrogen) atoms. The minimum atomic E-state index is -0.850. The summed E-state index contributed by atoms with van der Waals surface area (Å²) in [6.45, 7) is 1.63. The molecule has 0 aliphatic heterocycles. The molecule has 5 aromatic rings. The number of nitriles is 2. The minimum Gasteiger partial charge on any atom is -0.507 e. The quantitative estimate of drug-likeness (QED) is 0.242. The Balaban J connectivity index is 1.81. The van der Waals surface area contributed by atoms with Gasteiger partial charge in [-0.2, -0.15) is 20.3 Å². The van der Waals surface area contributed by atoms with Gasteiger partial charge < -0.3 is 24.3 Å². The number of hydrogen-bond donors (Lipinski definition) is 2. The number of benzene rings is 3. The van der Waals surface area contributed by atoms with Crippen molar-refractivity contribution in [3.63, 3.8) is 0 Å². The number of H-pyrrole nitrogens is 1. The van der Waals surface area contributed by atoms with E-state index in [-0.39, 0.29) is 34.0 Å². The standard InChI is InChI=1S/C32H25N7O5/c1-18(30-36-23-10-6-7-11-24(23)37-30)38-39-31(35-17-19-13-26(42-2)29(44-4)27(14-19)43-3)21(15-33)28(22(16-34)32(39)41)20-9-5-8-12-25(20)40/h5-14,17,40H,1-4H3,(H,36,37)/b35-17+,38-18+. The third-order valence-electron chi connectivity index (χ3n) is 6.73. The summed E-state index contributed by atoms with van der Waals surface area (Å²) in [6.07, 6.45) is 1.39. The number of ether oxygens (including phenoxy) is 3. The van der Waals surface area contributed by atoms with Crippen LogP contribution >= 0.6 is 0 Å². The van der Waals surface area contributed by atoms with Crippen LogP contribution in [0.15, 0.2) is 75.6 Å². The topological polar surface area (TPSA) is 171 Å². The van der Waals surface area contributed by atoms with Crippen molar-refractivity contribution in [3.05, 3.63) is 93.5 Å². The van der Waals surface area contributed by atoms with Crippen LogP contribution < -0.4 is 19.8 Å². The molecule has 0 bridgehead atoms. The summed E-state index contributed by atoms with van der Waals surface area (Å²) < 4.78 is 17.2. The number of fused-ring (bicyclic) bond motifs is 1. The van der Waals surface area contributed by atoms with Crippen molar-refractivity contribution in [1.82, 2.24) is 14.6 Å². The molecular weight excluding hydrogens is 562 g/mol. The highest BCUT2D eigenvalue weighted by molar-refractivity contribution is 5.98. The fraction of sp³-hybridized carbons (Fsp3) is 0.125. The van der Waals surface area contributed by atoms with E-state index in [0.29, 0.717) is 34.2 Å². The lowest BCUT2D eigenvalue weighted by Crippen LogP contribution is -2.23. The zero-order valence-electron chi connectivity index (χ0n) is 24.1. The summed E-state index contributed by atoms with van der Waals surface area (Å²) in [4.78, 5) is 26.1. The summed E-state index contributed by atoms with van der Waals surface area (Å²) in [7, 11) is 4.42. The molecule has 12 nitrogen and oxygen atoms in total. The highest BCUT2D eigenvalue weighted by atomic mass is 16.5. The molecule has 0 saturated carbocycles. The van der Waals surface area contributed by atoms with Gasteiger partial charge in [-0.1, -0.05) is 30.3 Å². The Kier molecular flexibility index (Phi) is 8.09. The van der Waals surface area contributed by atoms with Crippen molar-refractivity contribution in [2.24, 2.45) is 10.1 Å². The molecule has 2 N–H and O–H groups in total. The fourth-order valence-electron chi connectivity index (χ4n) is 4.66. The number of methoxy groups -OCH3 is 3. The average molecular weight is 588 g/mol. The van der Waals surface area contributed by atoms with Crippen LogP contribution in [0.1, 0.15) is 29.4 Å². The molecule has 0 fully saturated rings. The summed E-state index contributed by atoms with van der Waals surface area (Å²) in [5.41, 5.74) is 0.867. The molecule has 0 aliphatic carbocycles. The van der Waals surface area contributed by atoms with Crippen molar-refractivity contribution in [3.8, 4) is 46.3 Å². The molecular formula is C32H25N7O5. The molecule has 12 heteroatoms. The molecule has 2 heterocycles. The van der Waals surface area contributed by atoms with Gasteiger partial charge in [-0.25, -0.2) is 9.98 Å². The Bertz CT molecular complexity index is 2050. The molecule has 218 valence electrons. The molecule has 0 radical (unpaired) electrons. The zero-order valence-corrected chi connectivity index (χ0v) is 24.1. The average Bonchev–Trinajstić information content (AvgIpc) is 3.49. The molecule has 3 aromatic carbocycles. The number of phenolic OH excluding ortho intramolecular Hbond substituents is 1. The van der Waals surface area contributed by atoms with Gasteiger partial charge in [0.25, 0.3) is 5.56 Å². The highest BCUT2D eigenvalue weighted by Gasteiger charge is 2.25. The minimum absolute atomic E-state index is 0.0667. The lowest BCUT2D eigenvalue weighted by molar-refractivity contribution is 0.324. The molecule has 0 saturated heterocycles. The first-order valence-corrected chi connectivity index (χ1v) is 13.1. The number of aliphatic imine (C=N–C) groups is 1. The second-order valence-electron chi connectivity index (χ2n) is 9.31. The first-order valence-electron chi connectivity index (χ1n) is 13.1. The monoisotopic (exact) mass is 587 g/mol. The van der Waals surface area contributed by atoms with Crippen molar-refractivity contribution in [1.29, 1.82) is 10.5 Å². The van der Waals surface area contributed by atoms with Crippen molar-refractivity contribution in [2.45, 2.75) is 6.92 Å². The van der Waals surface area contributed by atoms with E-state index in [1.54, 1.807) is 31.2 Å². The van der Waals surface area contributed by atoms with Crippen LogP contribution in [-0.2, 0) is 0 Å². The van der Waals surface area contributed by atoms with E-state index in [1.165, 1.54) is 39.7 Å². The van der Waals surface area contributed by atoms with Gasteiger partial charge in [0.15, 0.2) is 23.1 Å². The Morgan fingerprint density at radius 3 is 2.25 bits per heavy atom. The van der Waals surface area contributed by atoms with Crippen molar-refractivity contribution in [2.75, 3.05) is 21.3 Å². The van der Waals surface area contributed by atoms with E-state index in [0.717, 1.165) is 10.2 Å². The van der Waals surface area contributed by atoms with Crippen LogP contribution in [-0.4, -0.2) is 53.0 Å². The van der Waals surface area contributed by atoms with Crippen LogP contribution in [0.2, 0.25) is 0 Å². The SMILES string of the molecule is COc1cc(/C=N/c2c(C#N)c(-c3ccccc3O)c(C#N)c(=O)n2/N=C(\C)c2nc3ccccc3[nH]2)cc(OC)c1OC. The van der Waals surface area contributed by atoms with E-state index in [2.05, 4.69) is 26.1 Å². The number of para-hydroxylation sites is 3. The lowest BCUT2D eigenvalue weighted by Gasteiger charge is -2.15. The first kappa shape index (κ1) is 29.1. The molecule has 0 unspecified atom stereocenters. The van der Waals surface area contributed by atoms with Gasteiger partial charge >= 0.3 is 0 Å². The maximum Gasteiger partial charge on any atom is 0.291 e. The van der Waals surface area contributed by atoms with E-state index < -0.39 is 11.1 Å². The van der Waals surface area contributed by atoms with E-state index in [4.69, 9.17) is 14.2 Å². The number of phenols is 1. The second-order valence-corrected chi connectivity index (χ2v) is 9.31. The van der Waals surface area contributed by atoms with Gasteiger partial charge in [-0.3, -0.25) is 4.79 Å². The van der Waals surface area contributed by atoms with Crippen LogP contribution in [0, 0.1) is 22.7 Å². The molecule has 0 spiro atoms. The number of nitrogens with zero attached hydrogens (tertiary/aromatic N) is 6. The fourth-order valence-corrected chi connectivity index (χ4v) is 4.66. The van der Waals surface area contributed by atoms with Crippen molar-refractivity contribution < 1.29 is 19.3 Å². The van der Waals surface area contributed by atoms with Crippen molar-refractivity contribution >= 4 is 28.8 Å². The molecule has 0 aliphatic rings. The maximum absolute atomic E-state index is 13.9. The second kappa shape index (κ2) is 12.2. The normalized spacial score (nSPS) is 11.4. The number of nitrogens with one attached hydrogen (secondary N) is 1. The molecule has 0 amide bonds. The molecule has 2 aromatic heterocycles. The molecule has 0 atom stereocenters. The Hall–Kier alpha value is -6.40. The number of aromatic hydroxyl groups is 1. The van der Waals surface area contributed by atoms with Gasteiger partial charge in [0.05, 0.1) is 32.4 Å². The Labute approximate surface area is 251 Å². The third kappa shape index (κ3) is 5.19. The summed E-state index contributed by atoms with van der Waals surface area (Å²) in [6, 6.07) is 20.7. The number of aromatic amines is 1. The van der Waals surface area contributed by atoms with Gasteiger partial charge in [-0.05, 0) is 37.3 Å². The smallest absolute Gasteiger partial charge is 0.291 e. The number of imidazole rings is 1. The summed E-state index contributed by atoms with van der Waals surface area (Å²) >= 11 is 0. The van der Waals surface area contributed by atoms with E-state index in [9.17, 15) is 20.4 Å². The predicted molar refractivity (Wildman–Crippen MR) is 164 cm³/mol. The summed E-state index contributed by atoms with van der Waals surface area (Å²) in [5, 5.41) is 35.6. The number of pyridine rings is 1. The first-order chi connectivity index (χ1) is 21.3. The van der Waals surface area contributed by atoms with E-state index in [1.807, 2.05) is 30.3 Å². The number of aromatic nitrogens is 3. The Morgan fingerprint density at radius 2 is 1.64 bits per heavy atom. The van der Waals surface area contributed by atoms with Crippen LogP contribution in [0.4, 0.5) is 5.82 Å². The molecule has 5 rings (SSSR count). The third-order valence-corrected chi connectivity index (χ3v) is 6.73. The lowest BCUT2D eigenvalue weighted by atomic mass is 9.96. The Morgan fingerprint density at radius 1 is 0.977 bits per heavy atom. The van der Waals surface area contributed by atoms with Gasteiger partial charge in [0.2, 0.25) is 5.75 Å². The van der Waals surface area contributed by atoms with Gasteiger partial charge in [-0.15, -0.1) is 0 Å². The number of rotatable bonds is 8. The predicted octanol–water partition coefficient (Wildman–Crippen LogP) is 4.89. The number of hydrogen-bond acceptors (Lipinski definition) is 10. The van der Waals surface area contributed by atoms with Crippen LogP contribution in [0.25, 0.3) is 22.2 Å². The highest BCUT2D eigenvalue weighted by Crippen LogP contribution is 2.39. The zero-order chi connectivity index (χ0) is 31.4. The van der Waals surface area contributed by atoms with Crippen LogP contribution in [0.3, 0.4) is 0 Å². The van der Waals surface area contributed by atoms with Gasteiger partial charge in [0.1, 0.15) is 34.7 Å². The maximum atomic E-state index is 13.9.